The van der Waals surface area contributed by atoms with Gasteiger partial charge in [0.15, 0.2) is 0 Å². The van der Waals surface area contributed by atoms with Crippen molar-refractivity contribution in [3.8, 4) is 0 Å². The van der Waals surface area contributed by atoms with Gasteiger partial charge in [-0.1, -0.05) is 12.7 Å². The van der Waals surface area contributed by atoms with E-state index in [4.69, 9.17) is 16.3 Å². The molecule has 2 fully saturated rings. The van der Waals surface area contributed by atoms with Crippen LogP contribution in [0, 0.1) is 5.41 Å². The summed E-state index contributed by atoms with van der Waals surface area (Å²) < 4.78 is 5.42. The van der Waals surface area contributed by atoms with Crippen molar-refractivity contribution in [2.45, 2.75) is 12.8 Å². The molecule has 106 valence electrons. The minimum atomic E-state index is -0.452. The summed E-state index contributed by atoms with van der Waals surface area (Å²) in [5, 5.41) is -0.452. The molecule has 0 radical (unpaired) electrons. The Kier molecular flexibility index (Phi) is 4.21. The highest BCUT2D eigenvalue weighted by Crippen LogP contribution is 2.42. The third-order valence-electron chi connectivity index (χ3n) is 3.99. The van der Waals surface area contributed by atoms with Gasteiger partial charge in [0.05, 0.1) is 5.57 Å². The summed E-state index contributed by atoms with van der Waals surface area (Å²) in [5.41, 5.74) is 0.842. The van der Waals surface area contributed by atoms with Crippen LogP contribution in [-0.4, -0.2) is 55.4 Å². The van der Waals surface area contributed by atoms with E-state index in [9.17, 15) is 4.79 Å². The molecule has 0 unspecified atom stereocenters. The van der Waals surface area contributed by atoms with Gasteiger partial charge in [-0.15, -0.1) is 0 Å². The number of halogens is 1. The number of likely N-dealkylation sites (tertiary alicyclic amines) is 1. The zero-order valence-corrected chi connectivity index (χ0v) is 12.4. The Morgan fingerprint density at radius 1 is 1.37 bits per heavy atom. The number of ether oxygens (including phenoxy) is 1. The third-order valence-corrected chi connectivity index (χ3v) is 4.19. The highest BCUT2D eigenvalue weighted by atomic mass is 35.5. The molecular formula is C14H21ClN2O2. The molecule has 2 aliphatic rings. The summed E-state index contributed by atoms with van der Waals surface area (Å²) in [6, 6.07) is 0. The number of nitrogens with zero attached hydrogens (tertiary/aromatic N) is 2. The molecule has 0 atom stereocenters. The molecule has 0 saturated carbocycles. The van der Waals surface area contributed by atoms with E-state index < -0.39 is 5.24 Å². The zero-order valence-electron chi connectivity index (χ0n) is 11.6. The smallest absolute Gasteiger partial charge is 0.256 e. The fourth-order valence-corrected chi connectivity index (χ4v) is 3.15. The summed E-state index contributed by atoms with van der Waals surface area (Å²) in [6.07, 6.45) is 3.74. The quantitative estimate of drug-likeness (QED) is 0.448. The predicted molar refractivity (Wildman–Crippen MR) is 75.8 cm³/mol. The van der Waals surface area contributed by atoms with Crippen LogP contribution in [0.15, 0.2) is 24.0 Å². The first-order valence-electron chi connectivity index (χ1n) is 6.56. The molecule has 2 saturated heterocycles. The molecule has 2 aliphatic heterocycles. The summed E-state index contributed by atoms with van der Waals surface area (Å²) in [5.74, 6) is 0.868. The van der Waals surface area contributed by atoms with Gasteiger partial charge in [0.2, 0.25) is 0 Å². The normalized spacial score (nSPS) is 22.6. The van der Waals surface area contributed by atoms with Crippen molar-refractivity contribution >= 4 is 16.8 Å². The molecule has 2 heterocycles. The van der Waals surface area contributed by atoms with E-state index in [2.05, 4.69) is 11.5 Å². The van der Waals surface area contributed by atoms with Crippen molar-refractivity contribution in [3.05, 3.63) is 24.0 Å². The Bertz CT molecular complexity index is 404. The van der Waals surface area contributed by atoms with E-state index in [1.165, 1.54) is 0 Å². The van der Waals surface area contributed by atoms with Crippen molar-refractivity contribution in [2.75, 3.05) is 40.4 Å². The van der Waals surface area contributed by atoms with Gasteiger partial charge < -0.3 is 14.5 Å². The summed E-state index contributed by atoms with van der Waals surface area (Å²) in [7, 11) is 3.85. The van der Waals surface area contributed by atoms with Crippen LogP contribution in [0.5, 0.6) is 0 Å². The van der Waals surface area contributed by atoms with Gasteiger partial charge in [0.1, 0.15) is 5.82 Å². The fourth-order valence-electron chi connectivity index (χ4n) is 2.99. The van der Waals surface area contributed by atoms with E-state index in [-0.39, 0.29) is 0 Å². The van der Waals surface area contributed by atoms with Crippen LogP contribution in [0.1, 0.15) is 12.8 Å². The predicted octanol–water partition coefficient (Wildman–Crippen LogP) is 1.82. The summed E-state index contributed by atoms with van der Waals surface area (Å²) in [4.78, 5) is 15.6. The van der Waals surface area contributed by atoms with Crippen LogP contribution in [0.2, 0.25) is 0 Å². The summed E-state index contributed by atoms with van der Waals surface area (Å²) >= 11 is 5.64. The van der Waals surface area contributed by atoms with Crippen LogP contribution in [0.3, 0.4) is 0 Å². The maximum absolute atomic E-state index is 11.5. The molecule has 0 N–H and O–H groups in total. The maximum atomic E-state index is 11.5. The first kappa shape index (κ1) is 14.4. The van der Waals surface area contributed by atoms with Crippen LogP contribution in [-0.2, 0) is 9.53 Å². The van der Waals surface area contributed by atoms with Crippen LogP contribution >= 0.6 is 11.6 Å². The number of carbonyl (C=O) groups is 1. The number of rotatable bonds is 4. The monoisotopic (exact) mass is 284 g/mol. The standard InChI is InChI=1S/C14H21ClN2O2/c1-4-11(12(15)18)13(16(2)3)17-9-14(10-17)5-7-19-8-6-14/h4H,1,5-10H2,2-3H3/b13-11-. The van der Waals surface area contributed by atoms with Crippen molar-refractivity contribution in [2.24, 2.45) is 5.41 Å². The van der Waals surface area contributed by atoms with E-state index in [1.54, 1.807) is 6.08 Å². The molecule has 0 amide bonds. The van der Waals surface area contributed by atoms with Gasteiger partial charge in [-0.05, 0) is 24.4 Å². The highest BCUT2D eigenvalue weighted by Gasteiger charge is 2.45. The van der Waals surface area contributed by atoms with Gasteiger partial charge in [0, 0.05) is 45.8 Å². The second-order valence-electron chi connectivity index (χ2n) is 5.58. The van der Waals surface area contributed by atoms with Gasteiger partial charge in [-0.25, -0.2) is 0 Å². The minimum absolute atomic E-state index is 0.362. The Morgan fingerprint density at radius 3 is 2.37 bits per heavy atom. The minimum Gasteiger partial charge on any atom is -0.381 e. The van der Waals surface area contributed by atoms with Crippen molar-refractivity contribution in [1.29, 1.82) is 0 Å². The zero-order chi connectivity index (χ0) is 14.0. The first-order valence-corrected chi connectivity index (χ1v) is 6.93. The Labute approximate surface area is 119 Å². The molecule has 0 aromatic heterocycles. The second kappa shape index (κ2) is 5.55. The molecule has 4 nitrogen and oxygen atoms in total. The average Bonchev–Trinajstić information content (AvgIpc) is 2.33. The molecule has 0 aliphatic carbocycles. The molecular weight excluding hydrogens is 264 g/mol. The van der Waals surface area contributed by atoms with E-state index in [1.807, 2.05) is 19.0 Å². The summed E-state index contributed by atoms with van der Waals surface area (Å²) in [6.45, 7) is 7.31. The number of hydrogen-bond donors (Lipinski definition) is 0. The van der Waals surface area contributed by atoms with Crippen LogP contribution in [0.4, 0.5) is 0 Å². The molecule has 0 aromatic rings. The third kappa shape index (κ3) is 2.79. The number of hydrogen-bond acceptors (Lipinski definition) is 4. The highest BCUT2D eigenvalue weighted by molar-refractivity contribution is 6.68. The molecule has 1 spiro atoms. The molecule has 2 rings (SSSR count). The Hall–Kier alpha value is -1.00. The SMILES string of the molecule is C=C/C(C(=O)Cl)=C(\N(C)C)N1CC2(CCOCC2)C1. The Morgan fingerprint density at radius 2 is 1.95 bits per heavy atom. The first-order chi connectivity index (χ1) is 8.99. The molecule has 19 heavy (non-hydrogen) atoms. The Balaban J connectivity index is 2.15. The van der Waals surface area contributed by atoms with Crippen molar-refractivity contribution in [1.82, 2.24) is 9.80 Å². The van der Waals surface area contributed by atoms with Crippen LogP contribution < -0.4 is 0 Å². The maximum Gasteiger partial charge on any atom is 0.256 e. The van der Waals surface area contributed by atoms with Gasteiger partial charge in [0.25, 0.3) is 5.24 Å². The van der Waals surface area contributed by atoms with Crippen molar-refractivity contribution in [3.63, 3.8) is 0 Å². The lowest BCUT2D eigenvalue weighted by Gasteiger charge is -2.55. The molecule has 0 bridgehead atoms. The largest absolute Gasteiger partial charge is 0.381 e. The van der Waals surface area contributed by atoms with Gasteiger partial charge in [-0.2, -0.15) is 0 Å². The van der Waals surface area contributed by atoms with E-state index in [0.29, 0.717) is 11.0 Å². The van der Waals surface area contributed by atoms with Gasteiger partial charge in [-0.3, -0.25) is 4.79 Å². The lowest BCUT2D eigenvalue weighted by atomic mass is 9.73. The lowest BCUT2D eigenvalue weighted by molar-refractivity contribution is -0.109. The molecule has 0 aromatic carbocycles. The number of allylic oxidation sites excluding steroid dienone is 2. The number of carbonyl (C=O) groups excluding carboxylic acids is 1. The second-order valence-corrected chi connectivity index (χ2v) is 5.92. The lowest BCUT2D eigenvalue weighted by Crippen LogP contribution is -2.59. The van der Waals surface area contributed by atoms with E-state index >= 15 is 0 Å². The molecule has 5 heteroatoms. The average molecular weight is 285 g/mol. The van der Waals surface area contributed by atoms with Gasteiger partial charge >= 0.3 is 0 Å². The topological polar surface area (TPSA) is 32.8 Å². The fraction of sp³-hybridized carbons (Fsp3) is 0.643. The van der Waals surface area contributed by atoms with Crippen LogP contribution in [0.25, 0.3) is 0 Å². The van der Waals surface area contributed by atoms with Crippen molar-refractivity contribution < 1.29 is 9.53 Å². The van der Waals surface area contributed by atoms with E-state index in [0.717, 1.165) is 45.0 Å².